The Morgan fingerprint density at radius 2 is 1.47 bits per heavy atom. The molecule has 90 valence electrons. The SMILES string of the molecule is CCCC(O)(O)C(O)(O)C(O)(O)C(=O)O. The second-order valence-electron chi connectivity index (χ2n) is 3.22. The van der Waals surface area contributed by atoms with E-state index in [-0.39, 0.29) is 6.42 Å². The highest BCUT2D eigenvalue weighted by atomic mass is 16.7. The predicted molar refractivity (Wildman–Crippen MR) is 44.0 cm³/mol. The summed E-state index contributed by atoms with van der Waals surface area (Å²) >= 11 is 0. The molecule has 0 fully saturated rings. The van der Waals surface area contributed by atoms with Crippen molar-refractivity contribution in [2.45, 2.75) is 37.1 Å². The van der Waals surface area contributed by atoms with Crippen LogP contribution < -0.4 is 0 Å². The Bertz CT molecular complexity index is 243. The van der Waals surface area contributed by atoms with Gasteiger partial charge in [0, 0.05) is 6.42 Å². The molecular weight excluding hydrogens is 212 g/mol. The lowest BCUT2D eigenvalue weighted by Crippen LogP contribution is -2.71. The third-order valence-corrected chi connectivity index (χ3v) is 1.94. The summed E-state index contributed by atoms with van der Waals surface area (Å²) in [7, 11) is 0. The molecule has 0 aromatic rings. The highest BCUT2D eigenvalue weighted by Gasteiger charge is 2.65. The van der Waals surface area contributed by atoms with Crippen LogP contribution in [0.5, 0.6) is 0 Å². The summed E-state index contributed by atoms with van der Waals surface area (Å²) in [6, 6.07) is 0. The number of aliphatic hydroxyl groups is 6. The van der Waals surface area contributed by atoms with Crippen molar-refractivity contribution < 1.29 is 40.5 Å². The van der Waals surface area contributed by atoms with E-state index in [0.717, 1.165) is 0 Å². The fraction of sp³-hybridized carbons (Fsp3) is 0.857. The first-order chi connectivity index (χ1) is 6.50. The molecule has 0 radical (unpaired) electrons. The molecule has 0 amide bonds. The van der Waals surface area contributed by atoms with E-state index in [1.807, 2.05) is 0 Å². The van der Waals surface area contributed by atoms with E-state index in [1.165, 1.54) is 6.92 Å². The maximum absolute atomic E-state index is 10.3. The van der Waals surface area contributed by atoms with Crippen LogP contribution in [0, 0.1) is 0 Å². The Hall–Kier alpha value is -0.770. The van der Waals surface area contributed by atoms with Crippen LogP contribution in [0.4, 0.5) is 0 Å². The molecule has 0 saturated carbocycles. The predicted octanol–water partition coefficient (Wildman–Crippen LogP) is -3.09. The summed E-state index contributed by atoms with van der Waals surface area (Å²) in [5, 5.41) is 62.2. The molecule has 0 bridgehead atoms. The average Bonchev–Trinajstić information content (AvgIpc) is 2.02. The second kappa shape index (κ2) is 4.00. The van der Waals surface area contributed by atoms with Crippen LogP contribution in [0.15, 0.2) is 0 Å². The Kier molecular flexibility index (Phi) is 3.80. The van der Waals surface area contributed by atoms with Crippen molar-refractivity contribution in [3.63, 3.8) is 0 Å². The largest absolute Gasteiger partial charge is 0.477 e. The van der Waals surface area contributed by atoms with Crippen LogP contribution >= 0.6 is 0 Å². The molecule has 0 spiro atoms. The lowest BCUT2D eigenvalue weighted by molar-refractivity contribution is -0.441. The number of hydrogen-bond acceptors (Lipinski definition) is 7. The molecule has 0 atom stereocenters. The molecule has 0 unspecified atom stereocenters. The van der Waals surface area contributed by atoms with Crippen LogP contribution in [0.2, 0.25) is 0 Å². The molecular formula is C7H14O8. The maximum atomic E-state index is 10.3. The van der Waals surface area contributed by atoms with Crippen LogP contribution in [0.3, 0.4) is 0 Å². The molecule has 0 aromatic carbocycles. The average molecular weight is 226 g/mol. The van der Waals surface area contributed by atoms with Gasteiger partial charge in [0.2, 0.25) is 5.79 Å². The normalized spacial score (nSPS) is 14.1. The topological polar surface area (TPSA) is 159 Å². The summed E-state index contributed by atoms with van der Waals surface area (Å²) in [5.74, 6) is -13.9. The number of carbonyl (C=O) groups is 1. The molecule has 0 rings (SSSR count). The van der Waals surface area contributed by atoms with Crippen molar-refractivity contribution in [2.75, 3.05) is 0 Å². The lowest BCUT2D eigenvalue weighted by Gasteiger charge is -2.40. The van der Waals surface area contributed by atoms with Gasteiger partial charge in [0.05, 0.1) is 0 Å². The summed E-state index contributed by atoms with van der Waals surface area (Å²) in [6.45, 7) is 1.44. The monoisotopic (exact) mass is 226 g/mol. The van der Waals surface area contributed by atoms with Crippen molar-refractivity contribution in [1.82, 2.24) is 0 Å². The Balaban J connectivity index is 5.20. The quantitative estimate of drug-likeness (QED) is 0.243. The fourth-order valence-corrected chi connectivity index (χ4v) is 0.951. The van der Waals surface area contributed by atoms with E-state index < -0.39 is 29.8 Å². The lowest BCUT2D eigenvalue weighted by atomic mass is 9.93. The summed E-state index contributed by atoms with van der Waals surface area (Å²) in [4.78, 5) is 10.3. The van der Waals surface area contributed by atoms with Gasteiger partial charge in [0.15, 0.2) is 0 Å². The van der Waals surface area contributed by atoms with Gasteiger partial charge in [-0.15, -0.1) is 0 Å². The third-order valence-electron chi connectivity index (χ3n) is 1.94. The molecule has 15 heavy (non-hydrogen) atoms. The van der Waals surface area contributed by atoms with Crippen molar-refractivity contribution in [3.8, 4) is 0 Å². The van der Waals surface area contributed by atoms with Crippen LogP contribution in [0.25, 0.3) is 0 Å². The Morgan fingerprint density at radius 1 is 1.07 bits per heavy atom. The zero-order valence-electron chi connectivity index (χ0n) is 7.95. The van der Waals surface area contributed by atoms with Crippen molar-refractivity contribution in [2.24, 2.45) is 0 Å². The number of hydrogen-bond donors (Lipinski definition) is 7. The minimum atomic E-state index is -4.09. The minimum absolute atomic E-state index is 0.0472. The van der Waals surface area contributed by atoms with E-state index in [0.29, 0.717) is 0 Å². The molecule has 0 heterocycles. The first-order valence-corrected chi connectivity index (χ1v) is 4.08. The fourth-order valence-electron chi connectivity index (χ4n) is 0.951. The van der Waals surface area contributed by atoms with E-state index in [9.17, 15) is 4.79 Å². The highest BCUT2D eigenvalue weighted by molar-refractivity contribution is 5.76. The van der Waals surface area contributed by atoms with E-state index >= 15 is 0 Å². The minimum Gasteiger partial charge on any atom is -0.477 e. The van der Waals surface area contributed by atoms with Gasteiger partial charge in [-0.25, -0.2) is 4.79 Å². The van der Waals surface area contributed by atoms with Crippen LogP contribution in [0.1, 0.15) is 19.8 Å². The molecule has 0 aliphatic heterocycles. The third kappa shape index (κ3) is 2.25. The molecule has 0 aromatic heterocycles. The van der Waals surface area contributed by atoms with Gasteiger partial charge in [-0.3, -0.25) is 0 Å². The smallest absolute Gasteiger partial charge is 0.370 e. The first kappa shape index (κ1) is 14.2. The highest BCUT2D eigenvalue weighted by Crippen LogP contribution is 2.31. The van der Waals surface area contributed by atoms with Gasteiger partial charge in [0.1, 0.15) is 0 Å². The molecule has 0 aliphatic carbocycles. The molecule has 7 N–H and O–H groups in total. The molecule has 0 aliphatic rings. The molecule has 8 heteroatoms. The van der Waals surface area contributed by atoms with Gasteiger partial charge < -0.3 is 35.7 Å². The van der Waals surface area contributed by atoms with Gasteiger partial charge in [-0.05, 0) is 0 Å². The second-order valence-corrected chi connectivity index (χ2v) is 3.22. The zero-order chi connectivity index (χ0) is 12.5. The van der Waals surface area contributed by atoms with E-state index in [4.69, 9.17) is 35.7 Å². The Labute approximate surface area is 84.7 Å². The van der Waals surface area contributed by atoms with Crippen molar-refractivity contribution >= 4 is 5.97 Å². The number of carboxylic acid groups (broad SMARTS) is 1. The standard InChI is InChI=1S/C7H14O8/c1-2-3-5(10,11)7(14,15)6(12,13)4(8)9/h10-15H,2-3H2,1H3,(H,8,9). The number of carboxylic acids is 1. The van der Waals surface area contributed by atoms with Gasteiger partial charge in [0.25, 0.3) is 5.79 Å². The van der Waals surface area contributed by atoms with Gasteiger partial charge >= 0.3 is 11.8 Å². The van der Waals surface area contributed by atoms with Gasteiger partial charge in [-0.2, -0.15) is 0 Å². The van der Waals surface area contributed by atoms with Crippen LogP contribution in [-0.2, 0) is 4.79 Å². The number of rotatable bonds is 5. The Morgan fingerprint density at radius 3 is 1.73 bits per heavy atom. The summed E-state index contributed by atoms with van der Waals surface area (Å²) in [6.07, 6.45) is -0.609. The van der Waals surface area contributed by atoms with E-state index in [2.05, 4.69) is 0 Å². The van der Waals surface area contributed by atoms with E-state index in [1.54, 1.807) is 0 Å². The van der Waals surface area contributed by atoms with Gasteiger partial charge in [-0.1, -0.05) is 13.3 Å². The van der Waals surface area contributed by atoms with Crippen LogP contribution in [-0.4, -0.2) is 59.1 Å². The summed E-state index contributed by atoms with van der Waals surface area (Å²) in [5.41, 5.74) is 0. The number of aliphatic carboxylic acids is 1. The summed E-state index contributed by atoms with van der Waals surface area (Å²) < 4.78 is 0. The molecule has 0 saturated heterocycles. The van der Waals surface area contributed by atoms with Crippen molar-refractivity contribution in [1.29, 1.82) is 0 Å². The zero-order valence-corrected chi connectivity index (χ0v) is 7.95. The maximum Gasteiger partial charge on any atom is 0.370 e. The molecule has 8 nitrogen and oxygen atoms in total. The first-order valence-electron chi connectivity index (χ1n) is 4.08. The van der Waals surface area contributed by atoms with Crippen molar-refractivity contribution in [3.05, 3.63) is 0 Å².